The SMILES string of the molecule is CC(CNC(=O)C(F)(F)F)C1(O)CCN(C(=O)OC(C)(C)C)C1. The first-order valence-electron chi connectivity index (χ1n) is 7.30. The Morgan fingerprint density at radius 3 is 2.39 bits per heavy atom. The summed E-state index contributed by atoms with van der Waals surface area (Å²) in [5, 5.41) is 12.3. The molecule has 2 unspecified atom stereocenters. The highest BCUT2D eigenvalue weighted by Gasteiger charge is 2.45. The number of amides is 2. The van der Waals surface area contributed by atoms with Crippen LogP contribution < -0.4 is 5.32 Å². The molecule has 0 aliphatic carbocycles. The number of ether oxygens (including phenoxy) is 1. The molecule has 23 heavy (non-hydrogen) atoms. The normalized spacial score (nSPS) is 23.6. The van der Waals surface area contributed by atoms with E-state index in [-0.39, 0.29) is 26.1 Å². The lowest BCUT2D eigenvalue weighted by Gasteiger charge is -2.31. The first kappa shape index (κ1) is 19.5. The van der Waals surface area contributed by atoms with E-state index in [4.69, 9.17) is 4.74 Å². The molecule has 2 atom stereocenters. The van der Waals surface area contributed by atoms with Crippen LogP contribution in [0.3, 0.4) is 0 Å². The molecule has 0 aromatic carbocycles. The molecule has 1 saturated heterocycles. The summed E-state index contributed by atoms with van der Waals surface area (Å²) in [4.78, 5) is 24.1. The Kier molecular flexibility index (Phi) is 5.56. The summed E-state index contributed by atoms with van der Waals surface area (Å²) in [7, 11) is 0. The van der Waals surface area contributed by atoms with Gasteiger partial charge < -0.3 is 20.1 Å². The highest BCUT2D eigenvalue weighted by Crippen LogP contribution is 2.30. The molecule has 1 aliphatic rings. The maximum Gasteiger partial charge on any atom is 0.471 e. The number of β-amino-alcohol motifs (C(OH)–C–C–N with tert-alkyl or cyclic N) is 1. The number of likely N-dealkylation sites (tertiary alicyclic amines) is 1. The third kappa shape index (κ3) is 5.56. The Hall–Kier alpha value is -1.51. The van der Waals surface area contributed by atoms with Crippen molar-refractivity contribution >= 4 is 12.0 Å². The predicted octanol–water partition coefficient (Wildman–Crippen LogP) is 1.67. The predicted molar refractivity (Wildman–Crippen MR) is 75.6 cm³/mol. The van der Waals surface area contributed by atoms with Crippen molar-refractivity contribution in [3.05, 3.63) is 0 Å². The van der Waals surface area contributed by atoms with E-state index in [1.807, 2.05) is 0 Å². The van der Waals surface area contributed by atoms with Crippen LogP contribution in [0.25, 0.3) is 0 Å². The number of carbonyl (C=O) groups excluding carboxylic acids is 2. The number of hydrogen-bond donors (Lipinski definition) is 2. The number of nitrogens with zero attached hydrogens (tertiary/aromatic N) is 1. The largest absolute Gasteiger partial charge is 0.471 e. The lowest BCUT2D eigenvalue weighted by molar-refractivity contribution is -0.174. The van der Waals surface area contributed by atoms with E-state index in [0.29, 0.717) is 0 Å². The maximum atomic E-state index is 12.2. The number of carbonyl (C=O) groups is 2. The first-order valence-corrected chi connectivity index (χ1v) is 7.30. The molecular formula is C14H23F3N2O4. The lowest BCUT2D eigenvalue weighted by atomic mass is 9.88. The lowest BCUT2D eigenvalue weighted by Crippen LogP contribution is -2.48. The summed E-state index contributed by atoms with van der Waals surface area (Å²) >= 11 is 0. The molecule has 0 radical (unpaired) electrons. The van der Waals surface area contributed by atoms with Crippen molar-refractivity contribution in [2.75, 3.05) is 19.6 Å². The molecule has 0 saturated carbocycles. The molecule has 0 aromatic rings. The van der Waals surface area contributed by atoms with Crippen molar-refractivity contribution in [1.82, 2.24) is 10.2 Å². The van der Waals surface area contributed by atoms with E-state index in [9.17, 15) is 27.9 Å². The second-order valence-corrected chi connectivity index (χ2v) is 6.86. The van der Waals surface area contributed by atoms with Crippen molar-refractivity contribution in [3.8, 4) is 0 Å². The van der Waals surface area contributed by atoms with E-state index in [1.54, 1.807) is 26.1 Å². The van der Waals surface area contributed by atoms with Gasteiger partial charge >= 0.3 is 18.2 Å². The molecule has 1 aliphatic heterocycles. The highest BCUT2D eigenvalue weighted by molar-refractivity contribution is 5.81. The van der Waals surface area contributed by atoms with E-state index >= 15 is 0 Å². The van der Waals surface area contributed by atoms with Gasteiger partial charge in [0.1, 0.15) is 5.60 Å². The molecular weight excluding hydrogens is 317 g/mol. The molecule has 0 bridgehead atoms. The number of halogens is 3. The molecule has 1 rings (SSSR count). The van der Waals surface area contributed by atoms with E-state index in [1.165, 1.54) is 11.8 Å². The Morgan fingerprint density at radius 2 is 1.91 bits per heavy atom. The van der Waals surface area contributed by atoms with Gasteiger partial charge in [0.2, 0.25) is 0 Å². The number of alkyl halides is 3. The molecule has 9 heteroatoms. The van der Waals surface area contributed by atoms with Crippen molar-refractivity contribution in [1.29, 1.82) is 0 Å². The Labute approximate surface area is 133 Å². The van der Waals surface area contributed by atoms with Crippen molar-refractivity contribution in [2.24, 2.45) is 5.92 Å². The minimum atomic E-state index is -4.96. The third-order valence-electron chi connectivity index (χ3n) is 3.67. The van der Waals surface area contributed by atoms with Crippen molar-refractivity contribution in [3.63, 3.8) is 0 Å². The second-order valence-electron chi connectivity index (χ2n) is 6.86. The minimum absolute atomic E-state index is 0.0506. The minimum Gasteiger partial charge on any atom is -0.444 e. The molecule has 2 N–H and O–H groups in total. The van der Waals surface area contributed by atoms with E-state index < -0.39 is 35.3 Å². The summed E-state index contributed by atoms with van der Waals surface area (Å²) in [5.74, 6) is -2.70. The number of aliphatic hydroxyl groups is 1. The van der Waals surface area contributed by atoms with Crippen LogP contribution in [0.5, 0.6) is 0 Å². The first-order chi connectivity index (χ1) is 10.2. The van der Waals surface area contributed by atoms with Crippen molar-refractivity contribution < 1.29 is 32.6 Å². The van der Waals surface area contributed by atoms with E-state index in [0.717, 1.165) is 0 Å². The van der Waals surface area contributed by atoms with Crippen molar-refractivity contribution in [2.45, 2.75) is 51.5 Å². The third-order valence-corrected chi connectivity index (χ3v) is 3.67. The quantitative estimate of drug-likeness (QED) is 0.819. The Balaban J connectivity index is 2.57. The van der Waals surface area contributed by atoms with Gasteiger partial charge in [-0.25, -0.2) is 4.79 Å². The molecule has 2 amide bonds. The van der Waals surface area contributed by atoms with Crippen LogP contribution in [0.2, 0.25) is 0 Å². The topological polar surface area (TPSA) is 78.9 Å². The number of rotatable bonds is 3. The fourth-order valence-corrected chi connectivity index (χ4v) is 2.24. The van der Waals surface area contributed by atoms with Gasteiger partial charge in [-0.3, -0.25) is 4.79 Å². The van der Waals surface area contributed by atoms with Crippen LogP contribution in [0.1, 0.15) is 34.1 Å². The molecule has 0 spiro atoms. The van der Waals surface area contributed by atoms with Crippen LogP contribution in [-0.4, -0.2) is 59.0 Å². The Bertz CT molecular complexity index is 462. The molecule has 6 nitrogen and oxygen atoms in total. The molecule has 134 valence electrons. The maximum absolute atomic E-state index is 12.2. The summed E-state index contributed by atoms with van der Waals surface area (Å²) in [5.41, 5.74) is -2.04. The summed E-state index contributed by atoms with van der Waals surface area (Å²) in [6, 6.07) is 0. The zero-order chi connectivity index (χ0) is 18.1. The molecule has 0 aromatic heterocycles. The second kappa shape index (κ2) is 6.54. The van der Waals surface area contributed by atoms with Crippen LogP contribution in [0, 0.1) is 5.92 Å². The van der Waals surface area contributed by atoms with Gasteiger partial charge in [0.25, 0.3) is 0 Å². The van der Waals surface area contributed by atoms with Gasteiger partial charge in [-0.1, -0.05) is 6.92 Å². The fraction of sp³-hybridized carbons (Fsp3) is 0.857. The van der Waals surface area contributed by atoms with Gasteiger partial charge in [-0.05, 0) is 27.2 Å². The van der Waals surface area contributed by atoms with Crippen LogP contribution in [0.15, 0.2) is 0 Å². The summed E-state index contributed by atoms with van der Waals surface area (Å²) in [6.45, 7) is 6.51. The van der Waals surface area contributed by atoms with Gasteiger partial charge in [0, 0.05) is 19.0 Å². The molecule has 1 fully saturated rings. The smallest absolute Gasteiger partial charge is 0.444 e. The van der Waals surface area contributed by atoms with E-state index in [2.05, 4.69) is 0 Å². The van der Waals surface area contributed by atoms with Crippen LogP contribution in [-0.2, 0) is 9.53 Å². The zero-order valence-electron chi connectivity index (χ0n) is 13.7. The van der Waals surface area contributed by atoms with Gasteiger partial charge in [0.15, 0.2) is 0 Å². The summed E-state index contributed by atoms with van der Waals surface area (Å²) < 4.78 is 41.7. The average Bonchev–Trinajstić information content (AvgIpc) is 2.76. The summed E-state index contributed by atoms with van der Waals surface area (Å²) in [6.07, 6.45) is -5.34. The Morgan fingerprint density at radius 1 is 1.35 bits per heavy atom. The van der Waals surface area contributed by atoms with Crippen LogP contribution >= 0.6 is 0 Å². The van der Waals surface area contributed by atoms with Gasteiger partial charge in [-0.2, -0.15) is 13.2 Å². The standard InChI is InChI=1S/C14H23F3N2O4/c1-9(7-18-10(20)14(15,16)17)13(22)5-6-19(8-13)11(21)23-12(2,3)4/h9,22H,5-8H2,1-4H3,(H,18,20). The van der Waals surface area contributed by atoms with Gasteiger partial charge in [0.05, 0.1) is 12.1 Å². The monoisotopic (exact) mass is 340 g/mol. The molecule has 1 heterocycles. The number of hydrogen-bond acceptors (Lipinski definition) is 4. The van der Waals surface area contributed by atoms with Gasteiger partial charge in [-0.15, -0.1) is 0 Å². The fourth-order valence-electron chi connectivity index (χ4n) is 2.24. The van der Waals surface area contributed by atoms with Crippen LogP contribution in [0.4, 0.5) is 18.0 Å². The average molecular weight is 340 g/mol. The number of nitrogens with one attached hydrogen (secondary N) is 1. The zero-order valence-corrected chi connectivity index (χ0v) is 13.7. The highest BCUT2D eigenvalue weighted by atomic mass is 19.4.